The Morgan fingerprint density at radius 3 is 2.86 bits per heavy atom. The van der Waals surface area contributed by atoms with E-state index in [9.17, 15) is 4.21 Å². The highest BCUT2D eigenvalue weighted by atomic mass is 79.9. The third-order valence-electron chi connectivity index (χ3n) is 3.97. The molecule has 0 aliphatic heterocycles. The summed E-state index contributed by atoms with van der Waals surface area (Å²) in [5.41, 5.74) is 3.76. The zero-order valence-corrected chi connectivity index (χ0v) is 15.0. The van der Waals surface area contributed by atoms with Crippen LogP contribution in [0.25, 0.3) is 10.9 Å². The number of benzene rings is 1. The monoisotopic (exact) mass is 368 g/mol. The Morgan fingerprint density at radius 2 is 2.14 bits per heavy atom. The average molecular weight is 369 g/mol. The molecule has 2 N–H and O–H groups in total. The van der Waals surface area contributed by atoms with E-state index in [1.807, 2.05) is 20.8 Å². The number of H-pyrrole nitrogens is 1. The summed E-state index contributed by atoms with van der Waals surface area (Å²) in [6.07, 6.45) is 3.25. The smallest absolute Gasteiger partial charge is 0.0976 e. The fourth-order valence-corrected chi connectivity index (χ4v) is 4.07. The second kappa shape index (κ2) is 5.52. The Bertz CT molecular complexity index is 702. The number of halogens is 1. The van der Waals surface area contributed by atoms with Gasteiger partial charge in [0.15, 0.2) is 0 Å². The van der Waals surface area contributed by atoms with Crippen molar-refractivity contribution in [1.29, 1.82) is 0 Å². The molecule has 0 amide bonds. The summed E-state index contributed by atoms with van der Waals surface area (Å²) >= 11 is 3.55. The summed E-state index contributed by atoms with van der Waals surface area (Å²) in [7, 11) is -1.05. The number of aromatic amines is 1. The predicted octanol–water partition coefficient (Wildman–Crippen LogP) is 4.36. The van der Waals surface area contributed by atoms with Crippen molar-refractivity contribution in [1.82, 2.24) is 9.71 Å². The minimum atomic E-state index is -1.05. The molecule has 0 spiro atoms. The van der Waals surface area contributed by atoms with Crippen LogP contribution in [0, 0.1) is 0 Å². The molecule has 114 valence electrons. The highest BCUT2D eigenvalue weighted by molar-refractivity contribution is 9.10. The number of nitrogens with one attached hydrogen (secondary N) is 2. The molecule has 21 heavy (non-hydrogen) atoms. The highest BCUT2D eigenvalue weighted by Crippen LogP contribution is 2.36. The molecule has 0 radical (unpaired) electrons. The molecular weight excluding hydrogens is 348 g/mol. The van der Waals surface area contributed by atoms with Crippen molar-refractivity contribution in [3.8, 4) is 0 Å². The molecule has 0 bridgehead atoms. The van der Waals surface area contributed by atoms with Gasteiger partial charge in [-0.1, -0.05) is 15.9 Å². The van der Waals surface area contributed by atoms with E-state index in [1.54, 1.807) is 0 Å². The van der Waals surface area contributed by atoms with Crippen LogP contribution in [0.4, 0.5) is 0 Å². The Labute approximate surface area is 136 Å². The lowest BCUT2D eigenvalue weighted by Gasteiger charge is -2.27. The van der Waals surface area contributed by atoms with Crippen molar-refractivity contribution < 1.29 is 4.21 Å². The summed E-state index contributed by atoms with van der Waals surface area (Å²) < 4.78 is 16.6. The zero-order valence-electron chi connectivity index (χ0n) is 12.6. The SMILES string of the molecule is CC(C)(C)[S@@](=O)N[C@@H]1CCCc2c1[nH]c1ccc(Br)cc21. The van der Waals surface area contributed by atoms with E-state index in [4.69, 9.17) is 0 Å². The van der Waals surface area contributed by atoms with Gasteiger partial charge >= 0.3 is 0 Å². The second-order valence-electron chi connectivity index (χ2n) is 6.65. The van der Waals surface area contributed by atoms with E-state index >= 15 is 0 Å². The first-order valence-corrected chi connectivity index (χ1v) is 9.28. The standard InChI is InChI=1S/C16H21BrN2OS/c1-16(2,3)21(20)19-14-6-4-5-11-12-9-10(17)7-8-13(12)18-15(11)14/h7-9,14,18-19H,4-6H2,1-3H3/t14-,21-/m1/s1. The molecule has 5 heteroatoms. The van der Waals surface area contributed by atoms with Crippen LogP contribution in [-0.4, -0.2) is 13.9 Å². The van der Waals surface area contributed by atoms with Crippen molar-refractivity contribution in [2.24, 2.45) is 0 Å². The molecule has 1 aliphatic rings. The number of fused-ring (bicyclic) bond motifs is 3. The van der Waals surface area contributed by atoms with Crippen molar-refractivity contribution in [2.75, 3.05) is 0 Å². The van der Waals surface area contributed by atoms with Gasteiger partial charge in [0.2, 0.25) is 0 Å². The van der Waals surface area contributed by atoms with Crippen LogP contribution in [0.2, 0.25) is 0 Å². The predicted molar refractivity (Wildman–Crippen MR) is 92.7 cm³/mol. The molecule has 2 atom stereocenters. The molecule has 1 aromatic carbocycles. The van der Waals surface area contributed by atoms with Crippen molar-refractivity contribution >= 4 is 37.8 Å². The highest BCUT2D eigenvalue weighted by Gasteiger charge is 2.28. The summed E-state index contributed by atoms with van der Waals surface area (Å²) in [5, 5.41) is 1.28. The lowest BCUT2D eigenvalue weighted by atomic mass is 9.92. The second-order valence-corrected chi connectivity index (χ2v) is 9.56. The fraction of sp³-hybridized carbons (Fsp3) is 0.500. The minimum Gasteiger partial charge on any atom is -0.357 e. The first-order chi connectivity index (χ1) is 9.86. The first kappa shape index (κ1) is 15.3. The van der Waals surface area contributed by atoms with Crippen LogP contribution in [0.1, 0.15) is 50.9 Å². The van der Waals surface area contributed by atoms with Gasteiger partial charge in [-0.25, -0.2) is 8.93 Å². The van der Waals surface area contributed by atoms with Gasteiger partial charge in [0.25, 0.3) is 0 Å². The molecule has 0 saturated heterocycles. The normalized spacial score (nSPS) is 20.5. The van der Waals surface area contributed by atoms with Crippen molar-refractivity contribution in [3.05, 3.63) is 33.9 Å². The first-order valence-electron chi connectivity index (χ1n) is 7.34. The zero-order chi connectivity index (χ0) is 15.2. The third kappa shape index (κ3) is 2.96. The maximum atomic E-state index is 12.4. The van der Waals surface area contributed by atoms with Crippen LogP contribution >= 0.6 is 15.9 Å². The number of aromatic nitrogens is 1. The molecule has 2 aromatic rings. The summed E-state index contributed by atoms with van der Waals surface area (Å²) in [6, 6.07) is 6.49. The third-order valence-corrected chi connectivity index (χ3v) is 6.08. The van der Waals surface area contributed by atoms with Crippen LogP contribution in [0.5, 0.6) is 0 Å². The fourth-order valence-electron chi connectivity index (χ4n) is 2.86. The molecule has 0 unspecified atom stereocenters. The van der Waals surface area contributed by atoms with Gasteiger partial charge in [-0.15, -0.1) is 0 Å². The summed E-state index contributed by atoms with van der Waals surface area (Å²) in [6.45, 7) is 6.01. The van der Waals surface area contributed by atoms with Gasteiger partial charge in [0, 0.05) is 21.1 Å². The maximum Gasteiger partial charge on any atom is 0.0976 e. The largest absolute Gasteiger partial charge is 0.357 e. The van der Waals surface area contributed by atoms with E-state index in [0.717, 1.165) is 23.7 Å². The Hall–Kier alpha value is -0.650. The lowest BCUT2D eigenvalue weighted by molar-refractivity contribution is 0.517. The number of rotatable bonds is 2. The van der Waals surface area contributed by atoms with Crippen LogP contribution in [-0.2, 0) is 17.4 Å². The Balaban J connectivity index is 1.98. The quantitative estimate of drug-likeness (QED) is 0.812. The number of hydrogen-bond acceptors (Lipinski definition) is 1. The van der Waals surface area contributed by atoms with E-state index < -0.39 is 11.0 Å². The van der Waals surface area contributed by atoms with Crippen molar-refractivity contribution in [2.45, 2.75) is 50.8 Å². The molecule has 3 nitrogen and oxygen atoms in total. The van der Waals surface area contributed by atoms with Gasteiger partial charge in [-0.2, -0.15) is 0 Å². The van der Waals surface area contributed by atoms with Crippen LogP contribution < -0.4 is 4.72 Å². The van der Waals surface area contributed by atoms with E-state index in [0.29, 0.717) is 0 Å². The van der Waals surface area contributed by atoms with E-state index in [-0.39, 0.29) is 10.8 Å². The van der Waals surface area contributed by atoms with Crippen molar-refractivity contribution in [3.63, 3.8) is 0 Å². The molecule has 1 heterocycles. The van der Waals surface area contributed by atoms with Gasteiger partial charge in [-0.05, 0) is 63.8 Å². The topological polar surface area (TPSA) is 44.9 Å². The minimum absolute atomic E-state index is 0.153. The number of hydrogen-bond donors (Lipinski definition) is 2. The molecule has 3 rings (SSSR count). The molecule has 0 saturated carbocycles. The molecular formula is C16H21BrN2OS. The lowest BCUT2D eigenvalue weighted by Crippen LogP contribution is -2.37. The number of aryl methyl sites for hydroxylation is 1. The summed E-state index contributed by atoms with van der Waals surface area (Å²) in [4.78, 5) is 3.53. The van der Waals surface area contributed by atoms with Gasteiger partial charge < -0.3 is 4.98 Å². The Morgan fingerprint density at radius 1 is 1.38 bits per heavy atom. The van der Waals surface area contributed by atoms with Gasteiger partial charge in [-0.3, -0.25) is 0 Å². The van der Waals surface area contributed by atoms with E-state index in [1.165, 1.54) is 22.2 Å². The van der Waals surface area contributed by atoms with Crippen LogP contribution in [0.15, 0.2) is 22.7 Å². The molecule has 1 aliphatic carbocycles. The molecule has 1 aromatic heterocycles. The average Bonchev–Trinajstić information content (AvgIpc) is 2.77. The molecule has 0 fully saturated rings. The maximum absolute atomic E-state index is 12.4. The van der Waals surface area contributed by atoms with Crippen LogP contribution in [0.3, 0.4) is 0 Å². The van der Waals surface area contributed by atoms with Gasteiger partial charge in [0.1, 0.15) is 0 Å². The van der Waals surface area contributed by atoms with E-state index in [2.05, 4.69) is 43.8 Å². The summed E-state index contributed by atoms with van der Waals surface area (Å²) in [5.74, 6) is 0. The van der Waals surface area contributed by atoms with Gasteiger partial charge in [0.05, 0.1) is 21.8 Å². The Kier molecular flexibility index (Phi) is 4.01.